The third kappa shape index (κ3) is 11.5. The Labute approximate surface area is 117 Å². The summed E-state index contributed by atoms with van der Waals surface area (Å²) in [5.41, 5.74) is 0. The molecule has 0 aliphatic rings. The molecule has 0 spiro atoms. The van der Waals surface area contributed by atoms with E-state index < -0.39 is 5.97 Å². The number of esters is 1. The molecular formula is C16H27NO2. The summed E-state index contributed by atoms with van der Waals surface area (Å²) < 4.78 is 5.12. The normalized spacial score (nSPS) is 12.3. The van der Waals surface area contributed by atoms with Crippen LogP contribution in [-0.4, -0.2) is 12.6 Å². The molecule has 0 amide bonds. The molecule has 0 radical (unpaired) electrons. The first-order chi connectivity index (χ1) is 9.24. The van der Waals surface area contributed by atoms with Gasteiger partial charge < -0.3 is 4.74 Å². The number of nitriles is 1. The zero-order chi connectivity index (χ0) is 14.3. The molecular weight excluding hydrogens is 238 g/mol. The number of unbranched alkanes of at least 4 members (excludes halogenated alkanes) is 5. The molecule has 3 heteroatoms. The van der Waals surface area contributed by atoms with Crippen molar-refractivity contribution >= 4 is 5.97 Å². The van der Waals surface area contributed by atoms with Crippen molar-refractivity contribution in [2.75, 3.05) is 6.61 Å². The van der Waals surface area contributed by atoms with Crippen molar-refractivity contribution in [1.29, 1.82) is 5.26 Å². The van der Waals surface area contributed by atoms with Gasteiger partial charge in [0.15, 0.2) is 0 Å². The van der Waals surface area contributed by atoms with Crippen LogP contribution in [0.2, 0.25) is 0 Å². The summed E-state index contributed by atoms with van der Waals surface area (Å²) in [5, 5.41) is 8.30. The second kappa shape index (κ2) is 13.1. The van der Waals surface area contributed by atoms with E-state index >= 15 is 0 Å². The van der Waals surface area contributed by atoms with Gasteiger partial charge in [-0.3, -0.25) is 0 Å². The van der Waals surface area contributed by atoms with E-state index in [1.165, 1.54) is 44.6 Å². The fourth-order valence-corrected chi connectivity index (χ4v) is 1.97. The van der Waals surface area contributed by atoms with E-state index in [0.29, 0.717) is 12.5 Å². The predicted octanol–water partition coefficient (Wildman–Crippen LogP) is 4.39. The van der Waals surface area contributed by atoms with Gasteiger partial charge in [0, 0.05) is 12.2 Å². The van der Waals surface area contributed by atoms with Gasteiger partial charge in [-0.2, -0.15) is 5.26 Å². The van der Waals surface area contributed by atoms with Crippen LogP contribution in [0.25, 0.3) is 0 Å². The van der Waals surface area contributed by atoms with Crippen LogP contribution in [0.3, 0.4) is 0 Å². The van der Waals surface area contributed by atoms with Crippen molar-refractivity contribution < 1.29 is 9.53 Å². The van der Waals surface area contributed by atoms with E-state index in [0.717, 1.165) is 18.9 Å². The molecule has 0 saturated carbocycles. The number of nitrogens with zero attached hydrogens (tertiary/aromatic N) is 1. The minimum Gasteiger partial charge on any atom is -0.462 e. The van der Waals surface area contributed by atoms with E-state index in [1.54, 1.807) is 6.07 Å². The number of carbonyl (C=O) groups is 1. The van der Waals surface area contributed by atoms with E-state index in [1.807, 2.05) is 0 Å². The molecule has 1 unspecified atom stereocenters. The molecule has 0 heterocycles. The first-order valence-corrected chi connectivity index (χ1v) is 7.47. The van der Waals surface area contributed by atoms with E-state index in [4.69, 9.17) is 10.00 Å². The minimum absolute atomic E-state index is 0.414. The Balaban J connectivity index is 3.63. The molecule has 108 valence electrons. The Morgan fingerprint density at radius 2 is 1.89 bits per heavy atom. The second-order valence-corrected chi connectivity index (χ2v) is 4.92. The van der Waals surface area contributed by atoms with Crippen molar-refractivity contribution in [2.45, 2.75) is 65.2 Å². The maximum atomic E-state index is 11.2. The molecule has 19 heavy (non-hydrogen) atoms. The van der Waals surface area contributed by atoms with Crippen molar-refractivity contribution in [3.8, 4) is 6.07 Å². The molecule has 0 fully saturated rings. The first kappa shape index (κ1) is 17.7. The molecule has 1 atom stereocenters. The largest absolute Gasteiger partial charge is 0.462 e. The van der Waals surface area contributed by atoms with E-state index in [2.05, 4.69) is 13.8 Å². The van der Waals surface area contributed by atoms with Crippen molar-refractivity contribution in [2.24, 2.45) is 5.92 Å². The lowest BCUT2D eigenvalue weighted by molar-refractivity contribution is -0.139. The van der Waals surface area contributed by atoms with Crippen LogP contribution >= 0.6 is 0 Å². The molecule has 0 aromatic heterocycles. The fourth-order valence-electron chi connectivity index (χ4n) is 1.97. The van der Waals surface area contributed by atoms with Crippen LogP contribution in [0, 0.1) is 17.2 Å². The van der Waals surface area contributed by atoms with Gasteiger partial charge in [-0.05, 0) is 12.3 Å². The van der Waals surface area contributed by atoms with Crippen LogP contribution in [0.4, 0.5) is 0 Å². The number of ether oxygens (including phenoxy) is 1. The molecule has 3 nitrogen and oxygen atoms in total. The van der Waals surface area contributed by atoms with Gasteiger partial charge in [0.2, 0.25) is 0 Å². The minimum atomic E-state index is -0.414. The zero-order valence-electron chi connectivity index (χ0n) is 12.4. The topological polar surface area (TPSA) is 50.1 Å². The molecule has 0 bridgehead atoms. The fraction of sp³-hybridized carbons (Fsp3) is 0.750. The van der Waals surface area contributed by atoms with Crippen molar-refractivity contribution in [1.82, 2.24) is 0 Å². The first-order valence-electron chi connectivity index (χ1n) is 7.47. The Kier molecular flexibility index (Phi) is 12.2. The molecule has 0 aromatic carbocycles. The number of rotatable bonds is 11. The monoisotopic (exact) mass is 265 g/mol. The zero-order valence-corrected chi connectivity index (χ0v) is 12.4. The molecule has 0 aromatic rings. The highest BCUT2D eigenvalue weighted by Gasteiger charge is 2.08. The quantitative estimate of drug-likeness (QED) is 0.241. The van der Waals surface area contributed by atoms with Crippen molar-refractivity contribution in [3.05, 3.63) is 12.2 Å². The smallest absolute Gasteiger partial charge is 0.331 e. The van der Waals surface area contributed by atoms with Gasteiger partial charge in [-0.15, -0.1) is 0 Å². The number of hydrogen-bond acceptors (Lipinski definition) is 3. The Morgan fingerprint density at radius 3 is 2.53 bits per heavy atom. The lowest BCUT2D eigenvalue weighted by Crippen LogP contribution is -2.12. The van der Waals surface area contributed by atoms with Crippen LogP contribution in [0.5, 0.6) is 0 Å². The Morgan fingerprint density at radius 1 is 1.21 bits per heavy atom. The summed E-state index contributed by atoms with van der Waals surface area (Å²) in [5.74, 6) is 0.0357. The van der Waals surface area contributed by atoms with Crippen molar-refractivity contribution in [3.63, 3.8) is 0 Å². The third-order valence-corrected chi connectivity index (χ3v) is 3.30. The summed E-state index contributed by atoms with van der Waals surface area (Å²) in [6.45, 7) is 4.82. The maximum absolute atomic E-state index is 11.2. The van der Waals surface area contributed by atoms with Gasteiger partial charge in [0.05, 0.1) is 12.7 Å². The maximum Gasteiger partial charge on any atom is 0.331 e. The highest BCUT2D eigenvalue weighted by atomic mass is 16.5. The molecule has 0 saturated heterocycles. The number of carbonyl (C=O) groups excluding carboxylic acids is 1. The Hall–Kier alpha value is -1.30. The lowest BCUT2D eigenvalue weighted by Gasteiger charge is -2.14. The summed E-state index contributed by atoms with van der Waals surface area (Å²) in [7, 11) is 0. The SMILES string of the molecule is CCCCCCCCC(CC)COC(=O)C=CC#N. The van der Waals surface area contributed by atoms with Gasteiger partial charge in [0.1, 0.15) is 0 Å². The van der Waals surface area contributed by atoms with Gasteiger partial charge in [-0.25, -0.2) is 4.79 Å². The third-order valence-electron chi connectivity index (χ3n) is 3.30. The summed E-state index contributed by atoms with van der Waals surface area (Å²) in [6.07, 6.45) is 12.2. The van der Waals surface area contributed by atoms with E-state index in [-0.39, 0.29) is 0 Å². The Bertz CT molecular complexity index is 292. The average molecular weight is 265 g/mol. The van der Waals surface area contributed by atoms with Crippen LogP contribution in [-0.2, 0) is 9.53 Å². The predicted molar refractivity (Wildman–Crippen MR) is 77.5 cm³/mol. The van der Waals surface area contributed by atoms with E-state index in [9.17, 15) is 4.79 Å². The summed E-state index contributed by atoms with van der Waals surface area (Å²) >= 11 is 0. The molecule has 0 N–H and O–H groups in total. The van der Waals surface area contributed by atoms with Gasteiger partial charge >= 0.3 is 5.97 Å². The van der Waals surface area contributed by atoms with Gasteiger partial charge in [0.25, 0.3) is 0 Å². The molecule has 0 aliphatic carbocycles. The highest BCUT2D eigenvalue weighted by molar-refractivity contribution is 5.82. The average Bonchev–Trinajstić information content (AvgIpc) is 2.43. The van der Waals surface area contributed by atoms with Crippen LogP contribution in [0.15, 0.2) is 12.2 Å². The molecule has 0 aliphatic heterocycles. The highest BCUT2D eigenvalue weighted by Crippen LogP contribution is 2.15. The van der Waals surface area contributed by atoms with Crippen LogP contribution in [0.1, 0.15) is 65.2 Å². The summed E-state index contributed by atoms with van der Waals surface area (Å²) in [4.78, 5) is 11.2. The van der Waals surface area contributed by atoms with Crippen LogP contribution < -0.4 is 0 Å². The molecule has 0 rings (SSSR count). The number of allylic oxidation sites excluding steroid dienone is 1. The lowest BCUT2D eigenvalue weighted by atomic mass is 9.99. The number of hydrogen-bond donors (Lipinski definition) is 0. The van der Waals surface area contributed by atoms with Gasteiger partial charge in [-0.1, -0.05) is 58.8 Å². The summed E-state index contributed by atoms with van der Waals surface area (Å²) in [6, 6.07) is 1.78. The second-order valence-electron chi connectivity index (χ2n) is 4.92. The standard InChI is InChI=1S/C16H27NO2/c1-3-5-6-7-8-9-11-15(4-2)14-19-16(18)12-10-13-17/h10,12,15H,3-9,11,14H2,1-2H3.